The third-order valence-corrected chi connectivity index (χ3v) is 3.71. The van der Waals surface area contributed by atoms with Crippen molar-refractivity contribution in [2.45, 2.75) is 26.8 Å². The number of anilines is 2. The average molecular weight is 284 g/mol. The van der Waals surface area contributed by atoms with E-state index >= 15 is 0 Å². The highest BCUT2D eigenvalue weighted by Gasteiger charge is 2.14. The second-order valence-electron chi connectivity index (χ2n) is 5.08. The van der Waals surface area contributed by atoms with Crippen LogP contribution >= 0.6 is 0 Å². The Kier molecular flexibility index (Phi) is 4.01. The first-order chi connectivity index (χ1) is 10.3. The van der Waals surface area contributed by atoms with Crippen LogP contribution in [-0.2, 0) is 13.0 Å². The molecule has 1 aromatic carbocycles. The van der Waals surface area contributed by atoms with Crippen LogP contribution in [0.15, 0.2) is 24.5 Å². The first-order valence-electron chi connectivity index (χ1n) is 7.32. The van der Waals surface area contributed by atoms with Crippen molar-refractivity contribution in [3.8, 4) is 5.88 Å². The van der Waals surface area contributed by atoms with Gasteiger partial charge in [-0.1, -0.05) is 12.1 Å². The largest absolute Gasteiger partial charge is 0.478 e. The van der Waals surface area contributed by atoms with Gasteiger partial charge in [-0.05, 0) is 44.0 Å². The van der Waals surface area contributed by atoms with Crippen LogP contribution in [0.5, 0.6) is 5.88 Å². The molecule has 0 unspecified atom stereocenters. The molecule has 3 rings (SSSR count). The van der Waals surface area contributed by atoms with E-state index in [1.54, 1.807) is 0 Å². The smallest absolute Gasteiger partial charge is 0.221 e. The molecule has 0 aliphatic carbocycles. The molecule has 5 heteroatoms. The fourth-order valence-electron chi connectivity index (χ4n) is 2.62. The highest BCUT2D eigenvalue weighted by atomic mass is 16.5. The third kappa shape index (κ3) is 2.83. The Morgan fingerprint density at radius 2 is 2.24 bits per heavy atom. The van der Waals surface area contributed by atoms with E-state index in [-0.39, 0.29) is 0 Å². The topological polar surface area (TPSA) is 59.1 Å². The van der Waals surface area contributed by atoms with Gasteiger partial charge >= 0.3 is 0 Å². The maximum absolute atomic E-state index is 5.53. The average Bonchev–Trinajstić information content (AvgIpc) is 2.52. The Morgan fingerprint density at radius 3 is 3.10 bits per heavy atom. The van der Waals surface area contributed by atoms with Gasteiger partial charge in [-0.3, -0.25) is 0 Å². The lowest BCUT2D eigenvalue weighted by atomic mass is 9.99. The summed E-state index contributed by atoms with van der Waals surface area (Å²) in [5.41, 5.74) is 4.78. The van der Waals surface area contributed by atoms with Gasteiger partial charge in [0, 0.05) is 12.2 Å². The van der Waals surface area contributed by atoms with Gasteiger partial charge < -0.3 is 15.4 Å². The van der Waals surface area contributed by atoms with E-state index in [4.69, 9.17) is 4.74 Å². The van der Waals surface area contributed by atoms with Crippen molar-refractivity contribution in [2.24, 2.45) is 0 Å². The van der Waals surface area contributed by atoms with E-state index in [1.807, 2.05) is 13.8 Å². The molecule has 1 aromatic heterocycles. The van der Waals surface area contributed by atoms with Crippen molar-refractivity contribution in [3.05, 3.63) is 41.2 Å². The summed E-state index contributed by atoms with van der Waals surface area (Å²) >= 11 is 0. The molecule has 0 spiro atoms. The van der Waals surface area contributed by atoms with Gasteiger partial charge in [-0.2, -0.15) is 0 Å². The zero-order valence-corrected chi connectivity index (χ0v) is 12.4. The number of fused-ring (bicyclic) bond motifs is 1. The minimum absolute atomic E-state index is 0.601. The molecule has 0 atom stereocenters. The Bertz CT molecular complexity index is 642. The maximum atomic E-state index is 5.53. The summed E-state index contributed by atoms with van der Waals surface area (Å²) in [4.78, 5) is 8.52. The lowest BCUT2D eigenvalue weighted by molar-refractivity contribution is 0.324. The van der Waals surface area contributed by atoms with Crippen LogP contribution in [0.1, 0.15) is 23.6 Å². The maximum Gasteiger partial charge on any atom is 0.221 e. The molecule has 1 aliphatic heterocycles. The minimum Gasteiger partial charge on any atom is -0.478 e. The monoisotopic (exact) mass is 284 g/mol. The number of nitrogens with zero attached hydrogens (tertiary/aromatic N) is 2. The van der Waals surface area contributed by atoms with Crippen molar-refractivity contribution >= 4 is 11.5 Å². The summed E-state index contributed by atoms with van der Waals surface area (Å²) in [6, 6.07) is 6.35. The first kappa shape index (κ1) is 13.8. The van der Waals surface area contributed by atoms with Gasteiger partial charge in [0.15, 0.2) is 0 Å². The summed E-state index contributed by atoms with van der Waals surface area (Å²) in [7, 11) is 0. The van der Waals surface area contributed by atoms with Crippen LogP contribution < -0.4 is 15.4 Å². The molecular formula is C16H20N4O. The van der Waals surface area contributed by atoms with Crippen molar-refractivity contribution in [3.63, 3.8) is 0 Å². The van der Waals surface area contributed by atoms with E-state index < -0.39 is 0 Å². The number of rotatable bonds is 4. The Balaban J connectivity index is 1.92. The molecule has 110 valence electrons. The van der Waals surface area contributed by atoms with Crippen LogP contribution in [-0.4, -0.2) is 23.1 Å². The molecule has 0 radical (unpaired) electrons. The molecule has 1 aliphatic rings. The number of hydrogen-bond acceptors (Lipinski definition) is 5. The van der Waals surface area contributed by atoms with E-state index in [9.17, 15) is 0 Å². The van der Waals surface area contributed by atoms with Gasteiger partial charge in [0.2, 0.25) is 5.88 Å². The summed E-state index contributed by atoms with van der Waals surface area (Å²) in [5, 5.41) is 6.84. The predicted octanol–water partition coefficient (Wildman–Crippen LogP) is 2.57. The molecule has 2 heterocycles. The Labute approximate surface area is 124 Å². The number of benzene rings is 1. The van der Waals surface area contributed by atoms with Gasteiger partial charge in [0.1, 0.15) is 12.1 Å². The standard InChI is InChI=1S/C16H20N4O/c1-3-21-16-11(2)15(18-10-19-16)20-14-6-4-5-12-9-17-8-7-13(12)14/h4-6,10,17H,3,7-9H2,1-2H3,(H,18,19,20). The van der Waals surface area contributed by atoms with Crippen LogP contribution in [0.4, 0.5) is 11.5 Å². The van der Waals surface area contributed by atoms with E-state index in [1.165, 1.54) is 17.5 Å². The van der Waals surface area contributed by atoms with Crippen molar-refractivity contribution < 1.29 is 4.74 Å². The van der Waals surface area contributed by atoms with Crippen molar-refractivity contribution in [1.82, 2.24) is 15.3 Å². The third-order valence-electron chi connectivity index (χ3n) is 3.71. The van der Waals surface area contributed by atoms with Crippen LogP contribution in [0.3, 0.4) is 0 Å². The molecule has 0 saturated carbocycles. The summed E-state index contributed by atoms with van der Waals surface area (Å²) < 4.78 is 5.53. The molecule has 0 fully saturated rings. The van der Waals surface area contributed by atoms with E-state index in [2.05, 4.69) is 38.8 Å². The Morgan fingerprint density at radius 1 is 1.33 bits per heavy atom. The van der Waals surface area contributed by atoms with E-state index in [0.717, 1.165) is 36.6 Å². The van der Waals surface area contributed by atoms with Crippen LogP contribution in [0.25, 0.3) is 0 Å². The first-order valence-corrected chi connectivity index (χ1v) is 7.32. The fourth-order valence-corrected chi connectivity index (χ4v) is 2.62. The summed E-state index contributed by atoms with van der Waals surface area (Å²) in [5.74, 6) is 1.45. The SMILES string of the molecule is CCOc1ncnc(Nc2cccc3c2CCNC3)c1C. The lowest BCUT2D eigenvalue weighted by Crippen LogP contribution is -2.24. The number of aromatic nitrogens is 2. The zero-order valence-electron chi connectivity index (χ0n) is 12.4. The highest BCUT2D eigenvalue weighted by molar-refractivity contribution is 5.65. The molecule has 0 bridgehead atoms. The number of nitrogens with one attached hydrogen (secondary N) is 2. The lowest BCUT2D eigenvalue weighted by Gasteiger charge is -2.21. The predicted molar refractivity (Wildman–Crippen MR) is 83.1 cm³/mol. The Hall–Kier alpha value is -2.14. The van der Waals surface area contributed by atoms with Gasteiger partial charge in [0.05, 0.1) is 12.2 Å². The van der Waals surface area contributed by atoms with Gasteiger partial charge in [-0.15, -0.1) is 0 Å². The number of hydrogen-bond donors (Lipinski definition) is 2. The summed E-state index contributed by atoms with van der Waals surface area (Å²) in [6.07, 6.45) is 2.57. The molecule has 0 saturated heterocycles. The minimum atomic E-state index is 0.601. The quantitative estimate of drug-likeness (QED) is 0.903. The molecule has 2 N–H and O–H groups in total. The molecular weight excluding hydrogens is 264 g/mol. The zero-order chi connectivity index (χ0) is 14.7. The molecule has 5 nitrogen and oxygen atoms in total. The second kappa shape index (κ2) is 6.10. The normalized spacial score (nSPS) is 13.6. The van der Waals surface area contributed by atoms with Crippen molar-refractivity contribution in [1.29, 1.82) is 0 Å². The van der Waals surface area contributed by atoms with E-state index in [0.29, 0.717) is 12.5 Å². The fraction of sp³-hybridized carbons (Fsp3) is 0.375. The highest BCUT2D eigenvalue weighted by Crippen LogP contribution is 2.28. The number of ether oxygens (including phenoxy) is 1. The van der Waals surface area contributed by atoms with Crippen molar-refractivity contribution in [2.75, 3.05) is 18.5 Å². The van der Waals surface area contributed by atoms with Crippen LogP contribution in [0.2, 0.25) is 0 Å². The molecule has 0 amide bonds. The van der Waals surface area contributed by atoms with Crippen LogP contribution in [0, 0.1) is 6.92 Å². The van der Waals surface area contributed by atoms with Gasteiger partial charge in [0.25, 0.3) is 0 Å². The second-order valence-corrected chi connectivity index (χ2v) is 5.08. The molecule has 21 heavy (non-hydrogen) atoms. The summed E-state index contributed by atoms with van der Waals surface area (Å²) in [6.45, 7) is 6.47. The van der Waals surface area contributed by atoms with Gasteiger partial charge in [-0.25, -0.2) is 9.97 Å². The molecule has 2 aromatic rings.